The lowest BCUT2D eigenvalue weighted by Crippen LogP contribution is -2.30. The fourth-order valence-corrected chi connectivity index (χ4v) is 2.26. The summed E-state index contributed by atoms with van der Waals surface area (Å²) >= 11 is 0. The first-order chi connectivity index (χ1) is 12.5. The zero-order chi connectivity index (χ0) is 18.9. The summed E-state index contributed by atoms with van der Waals surface area (Å²) in [6.45, 7) is 4.78. The first-order valence-electron chi connectivity index (χ1n) is 8.44. The van der Waals surface area contributed by atoms with Crippen LogP contribution in [0.1, 0.15) is 36.2 Å². The van der Waals surface area contributed by atoms with Gasteiger partial charge in [-0.2, -0.15) is 5.26 Å². The molecule has 0 bridgehead atoms. The Hall–Kier alpha value is -3.33. The van der Waals surface area contributed by atoms with Crippen molar-refractivity contribution < 1.29 is 9.59 Å². The molecule has 0 unspecified atom stereocenters. The van der Waals surface area contributed by atoms with Gasteiger partial charge in [0.25, 0.3) is 5.91 Å². The van der Waals surface area contributed by atoms with Gasteiger partial charge in [-0.1, -0.05) is 26.0 Å². The first-order valence-corrected chi connectivity index (χ1v) is 8.44. The molecule has 0 saturated heterocycles. The van der Waals surface area contributed by atoms with Crippen molar-refractivity contribution in [3.05, 3.63) is 59.7 Å². The van der Waals surface area contributed by atoms with Crippen molar-refractivity contribution in [3.63, 3.8) is 0 Å². The first kappa shape index (κ1) is 19.0. The zero-order valence-electron chi connectivity index (χ0n) is 14.9. The molecule has 0 heterocycles. The van der Waals surface area contributed by atoms with E-state index in [1.807, 2.05) is 6.07 Å². The molecule has 0 saturated carbocycles. The van der Waals surface area contributed by atoms with E-state index >= 15 is 0 Å². The van der Waals surface area contributed by atoms with Gasteiger partial charge in [-0.3, -0.25) is 4.79 Å². The topological polar surface area (TPSA) is 94.0 Å². The van der Waals surface area contributed by atoms with Gasteiger partial charge in [0.2, 0.25) is 0 Å². The lowest BCUT2D eigenvalue weighted by molar-refractivity contribution is 0.102. The highest BCUT2D eigenvalue weighted by atomic mass is 16.2. The Labute approximate surface area is 153 Å². The van der Waals surface area contributed by atoms with Gasteiger partial charge in [0.1, 0.15) is 0 Å². The molecular weight excluding hydrogens is 328 g/mol. The highest BCUT2D eigenvalue weighted by molar-refractivity contribution is 6.05. The van der Waals surface area contributed by atoms with Crippen LogP contribution in [-0.4, -0.2) is 18.5 Å². The molecular formula is C20H22N4O2. The molecule has 0 fully saturated rings. The molecule has 3 amide bonds. The lowest BCUT2D eigenvalue weighted by atomic mass is 10.1. The number of carbonyl (C=O) groups is 2. The smallest absolute Gasteiger partial charge is 0.319 e. The van der Waals surface area contributed by atoms with Crippen LogP contribution in [0, 0.1) is 17.2 Å². The quantitative estimate of drug-likeness (QED) is 0.735. The van der Waals surface area contributed by atoms with Gasteiger partial charge in [0.05, 0.1) is 11.6 Å². The van der Waals surface area contributed by atoms with Gasteiger partial charge < -0.3 is 16.0 Å². The van der Waals surface area contributed by atoms with Gasteiger partial charge in [0.15, 0.2) is 0 Å². The summed E-state index contributed by atoms with van der Waals surface area (Å²) in [5.41, 5.74) is 1.95. The van der Waals surface area contributed by atoms with Crippen LogP contribution in [0.3, 0.4) is 0 Å². The molecule has 2 aromatic rings. The predicted molar refractivity (Wildman–Crippen MR) is 102 cm³/mol. The number of nitrogens with one attached hydrogen (secondary N) is 3. The van der Waals surface area contributed by atoms with Crippen LogP contribution < -0.4 is 16.0 Å². The van der Waals surface area contributed by atoms with Crippen molar-refractivity contribution in [2.45, 2.75) is 20.3 Å². The fourth-order valence-electron chi connectivity index (χ4n) is 2.26. The van der Waals surface area contributed by atoms with Crippen LogP contribution in [0.2, 0.25) is 0 Å². The number of hydrogen-bond acceptors (Lipinski definition) is 3. The summed E-state index contributed by atoms with van der Waals surface area (Å²) in [5, 5.41) is 17.2. The van der Waals surface area contributed by atoms with Gasteiger partial charge >= 0.3 is 6.03 Å². The average molecular weight is 350 g/mol. The largest absolute Gasteiger partial charge is 0.338 e. The van der Waals surface area contributed by atoms with Crippen molar-refractivity contribution in [2.24, 2.45) is 5.92 Å². The number of nitriles is 1. The Kier molecular flexibility index (Phi) is 6.75. The summed E-state index contributed by atoms with van der Waals surface area (Å²) in [7, 11) is 0. The second-order valence-electron chi connectivity index (χ2n) is 6.29. The number of amides is 3. The molecule has 2 rings (SSSR count). The van der Waals surface area contributed by atoms with Gasteiger partial charge in [-0.25, -0.2) is 4.79 Å². The van der Waals surface area contributed by atoms with Gasteiger partial charge in [-0.15, -0.1) is 0 Å². The van der Waals surface area contributed by atoms with Crippen molar-refractivity contribution in [2.75, 3.05) is 17.2 Å². The molecule has 0 radical (unpaired) electrons. The Morgan fingerprint density at radius 2 is 1.73 bits per heavy atom. The number of carbonyl (C=O) groups excluding carboxylic acids is 2. The number of urea groups is 1. The maximum Gasteiger partial charge on any atom is 0.319 e. The van der Waals surface area contributed by atoms with E-state index in [4.69, 9.17) is 5.26 Å². The van der Waals surface area contributed by atoms with Crippen LogP contribution >= 0.6 is 0 Å². The van der Waals surface area contributed by atoms with Crippen molar-refractivity contribution in [1.82, 2.24) is 5.32 Å². The molecule has 0 spiro atoms. The summed E-state index contributed by atoms with van der Waals surface area (Å²) in [4.78, 5) is 24.3. The minimum Gasteiger partial charge on any atom is -0.338 e. The Morgan fingerprint density at radius 3 is 2.42 bits per heavy atom. The Balaban J connectivity index is 1.98. The SMILES string of the molecule is CC(C)CCNC(=O)Nc1cccc(C(=O)Nc2cccc(C#N)c2)c1. The fraction of sp³-hybridized carbons (Fsp3) is 0.250. The standard InChI is InChI=1S/C20H22N4O2/c1-14(2)9-10-22-20(26)24-18-8-4-6-16(12-18)19(25)23-17-7-3-5-15(11-17)13-21/h3-8,11-12,14H,9-10H2,1-2H3,(H,23,25)(H2,22,24,26). The third-order valence-corrected chi connectivity index (χ3v) is 3.64. The molecule has 0 aromatic heterocycles. The van der Waals surface area contributed by atoms with Gasteiger partial charge in [-0.05, 0) is 48.7 Å². The summed E-state index contributed by atoms with van der Waals surface area (Å²) in [6.07, 6.45) is 0.900. The third-order valence-electron chi connectivity index (χ3n) is 3.64. The molecule has 0 aliphatic rings. The summed E-state index contributed by atoms with van der Waals surface area (Å²) in [5.74, 6) is 0.200. The summed E-state index contributed by atoms with van der Waals surface area (Å²) in [6, 6.07) is 15.1. The highest BCUT2D eigenvalue weighted by Gasteiger charge is 2.09. The maximum absolute atomic E-state index is 12.4. The van der Waals surface area contributed by atoms with E-state index in [-0.39, 0.29) is 11.9 Å². The predicted octanol–water partition coefficient (Wildman–Crippen LogP) is 3.98. The molecule has 0 aliphatic heterocycles. The molecule has 6 heteroatoms. The number of rotatable bonds is 6. The third kappa shape index (κ3) is 5.95. The van der Waals surface area contributed by atoms with Crippen LogP contribution in [0.4, 0.5) is 16.2 Å². The van der Waals surface area contributed by atoms with E-state index in [0.717, 1.165) is 6.42 Å². The van der Waals surface area contributed by atoms with E-state index in [2.05, 4.69) is 29.8 Å². The minimum atomic E-state index is -0.316. The van der Waals surface area contributed by atoms with Crippen LogP contribution in [0.5, 0.6) is 0 Å². The zero-order valence-corrected chi connectivity index (χ0v) is 14.9. The van der Waals surface area contributed by atoms with Crippen molar-refractivity contribution in [3.8, 4) is 6.07 Å². The normalized spacial score (nSPS) is 10.1. The van der Waals surface area contributed by atoms with Crippen LogP contribution in [0.25, 0.3) is 0 Å². The number of anilines is 2. The molecule has 2 aromatic carbocycles. The highest BCUT2D eigenvalue weighted by Crippen LogP contribution is 2.15. The second kappa shape index (κ2) is 9.23. The Bertz CT molecular complexity index is 825. The minimum absolute atomic E-state index is 0.301. The van der Waals surface area contributed by atoms with E-state index in [0.29, 0.717) is 35.0 Å². The van der Waals surface area contributed by atoms with Crippen molar-refractivity contribution in [1.29, 1.82) is 5.26 Å². The number of benzene rings is 2. The molecule has 0 aliphatic carbocycles. The lowest BCUT2D eigenvalue weighted by Gasteiger charge is -2.10. The summed E-state index contributed by atoms with van der Waals surface area (Å²) < 4.78 is 0. The molecule has 134 valence electrons. The Morgan fingerprint density at radius 1 is 1.04 bits per heavy atom. The molecule has 3 N–H and O–H groups in total. The van der Waals surface area contributed by atoms with Crippen LogP contribution in [-0.2, 0) is 0 Å². The average Bonchev–Trinajstić information content (AvgIpc) is 2.61. The molecule has 0 atom stereocenters. The van der Waals surface area contributed by atoms with E-state index in [1.54, 1.807) is 48.5 Å². The molecule has 26 heavy (non-hydrogen) atoms. The number of nitrogens with zero attached hydrogens (tertiary/aromatic N) is 1. The maximum atomic E-state index is 12.4. The number of hydrogen-bond donors (Lipinski definition) is 3. The van der Waals surface area contributed by atoms with E-state index < -0.39 is 0 Å². The monoisotopic (exact) mass is 350 g/mol. The van der Waals surface area contributed by atoms with E-state index in [1.165, 1.54) is 0 Å². The second-order valence-corrected chi connectivity index (χ2v) is 6.29. The van der Waals surface area contributed by atoms with Crippen molar-refractivity contribution >= 4 is 23.3 Å². The molecule has 6 nitrogen and oxygen atoms in total. The van der Waals surface area contributed by atoms with Gasteiger partial charge in [0, 0.05) is 23.5 Å². The van der Waals surface area contributed by atoms with E-state index in [9.17, 15) is 9.59 Å². The van der Waals surface area contributed by atoms with Crippen LogP contribution in [0.15, 0.2) is 48.5 Å².